The van der Waals surface area contributed by atoms with Gasteiger partial charge in [0.15, 0.2) is 0 Å². The van der Waals surface area contributed by atoms with Gasteiger partial charge in [-0.2, -0.15) is 0 Å². The molecule has 0 bridgehead atoms. The van der Waals surface area contributed by atoms with Crippen LogP contribution in [0.2, 0.25) is 0 Å². The average molecular weight is 440 g/mol. The number of methoxy groups -OCH3 is 1. The first-order valence-electron chi connectivity index (χ1n) is 11.4. The molecule has 0 aromatic heterocycles. The zero-order chi connectivity index (χ0) is 23.2. The molecular formula is C27H37NO4. The van der Waals surface area contributed by atoms with E-state index in [9.17, 15) is 9.90 Å². The molecule has 2 atom stereocenters. The monoisotopic (exact) mass is 439 g/mol. The third-order valence-electron chi connectivity index (χ3n) is 5.35. The highest BCUT2D eigenvalue weighted by molar-refractivity contribution is 5.69. The molecule has 0 amide bonds. The van der Waals surface area contributed by atoms with Gasteiger partial charge in [0.25, 0.3) is 0 Å². The number of hydrogen-bond donors (Lipinski definition) is 2. The summed E-state index contributed by atoms with van der Waals surface area (Å²) in [5.41, 5.74) is 3.73. The van der Waals surface area contributed by atoms with Crippen LogP contribution in [0, 0.1) is 0 Å². The predicted molar refractivity (Wildman–Crippen MR) is 130 cm³/mol. The highest BCUT2D eigenvalue weighted by atomic mass is 16.5. The van der Waals surface area contributed by atoms with E-state index in [1.165, 1.54) is 23.8 Å². The highest BCUT2D eigenvalue weighted by Crippen LogP contribution is 2.17. The number of aliphatic hydroxyl groups excluding tert-OH is 1. The Hall–Kier alpha value is -2.63. The molecule has 0 saturated heterocycles. The van der Waals surface area contributed by atoms with Crippen molar-refractivity contribution in [3.63, 3.8) is 0 Å². The summed E-state index contributed by atoms with van der Waals surface area (Å²) in [6, 6.07) is 18.4. The number of unbranched alkanes of at least 4 members (excludes halogenated alkanes) is 2. The lowest BCUT2D eigenvalue weighted by atomic mass is 10.0. The number of carbonyl (C=O) groups is 1. The summed E-state index contributed by atoms with van der Waals surface area (Å²) in [6.07, 6.45) is 5.85. The smallest absolute Gasteiger partial charge is 0.305 e. The first-order valence-corrected chi connectivity index (χ1v) is 11.4. The van der Waals surface area contributed by atoms with Crippen LogP contribution in [0.15, 0.2) is 60.7 Å². The maximum Gasteiger partial charge on any atom is 0.305 e. The molecule has 174 valence electrons. The Labute approximate surface area is 192 Å². The Bertz CT molecular complexity index is 817. The van der Waals surface area contributed by atoms with Crippen molar-refractivity contribution in [1.82, 2.24) is 5.32 Å². The summed E-state index contributed by atoms with van der Waals surface area (Å²) >= 11 is 0. The Balaban J connectivity index is 1.68. The fraction of sp³-hybridized carbons (Fsp3) is 0.444. The molecular weight excluding hydrogens is 402 g/mol. The quantitative estimate of drug-likeness (QED) is 0.327. The zero-order valence-corrected chi connectivity index (χ0v) is 19.5. The fourth-order valence-electron chi connectivity index (χ4n) is 3.39. The molecule has 0 aliphatic rings. The van der Waals surface area contributed by atoms with Crippen LogP contribution >= 0.6 is 0 Å². The third kappa shape index (κ3) is 10.1. The van der Waals surface area contributed by atoms with Crippen molar-refractivity contribution in [1.29, 1.82) is 0 Å². The second-order valence-electron chi connectivity index (χ2n) is 8.20. The van der Waals surface area contributed by atoms with E-state index in [1.54, 1.807) is 0 Å². The van der Waals surface area contributed by atoms with Crippen molar-refractivity contribution in [2.45, 2.75) is 58.1 Å². The van der Waals surface area contributed by atoms with Crippen molar-refractivity contribution in [3.8, 4) is 5.75 Å². The Morgan fingerprint density at radius 1 is 1.09 bits per heavy atom. The topological polar surface area (TPSA) is 67.8 Å². The second-order valence-corrected chi connectivity index (χ2v) is 8.20. The van der Waals surface area contributed by atoms with E-state index in [2.05, 4.69) is 54.2 Å². The molecule has 0 aliphatic heterocycles. The number of esters is 1. The molecule has 5 heteroatoms. The molecule has 0 saturated carbocycles. The van der Waals surface area contributed by atoms with Crippen LogP contribution in [-0.4, -0.2) is 43.5 Å². The van der Waals surface area contributed by atoms with Gasteiger partial charge in [0.05, 0.1) is 7.11 Å². The average Bonchev–Trinajstić information content (AvgIpc) is 2.82. The number of ether oxygens (including phenoxy) is 2. The minimum Gasteiger partial charge on any atom is -0.491 e. The van der Waals surface area contributed by atoms with Crippen molar-refractivity contribution in [2.24, 2.45) is 0 Å². The lowest BCUT2D eigenvalue weighted by Gasteiger charge is -2.18. The van der Waals surface area contributed by atoms with Crippen LogP contribution in [0.4, 0.5) is 0 Å². The number of nitrogens with one attached hydrogen (secondary N) is 1. The highest BCUT2D eigenvalue weighted by Gasteiger charge is 2.09. The lowest BCUT2D eigenvalue weighted by Crippen LogP contribution is -2.37. The van der Waals surface area contributed by atoms with E-state index in [4.69, 9.17) is 4.74 Å². The van der Waals surface area contributed by atoms with Crippen LogP contribution in [0.5, 0.6) is 5.75 Å². The molecule has 0 fully saturated rings. The van der Waals surface area contributed by atoms with Crippen molar-refractivity contribution >= 4 is 11.5 Å². The number of para-hydroxylation sites is 1. The van der Waals surface area contributed by atoms with E-state index in [0.29, 0.717) is 13.0 Å². The molecule has 0 radical (unpaired) electrons. The van der Waals surface area contributed by atoms with E-state index in [1.807, 2.05) is 30.3 Å². The largest absolute Gasteiger partial charge is 0.491 e. The summed E-state index contributed by atoms with van der Waals surface area (Å²) in [5, 5.41) is 13.5. The molecule has 5 nitrogen and oxygen atoms in total. The third-order valence-corrected chi connectivity index (χ3v) is 5.35. The maximum absolute atomic E-state index is 11.1. The summed E-state index contributed by atoms with van der Waals surface area (Å²) < 4.78 is 10.3. The fourth-order valence-corrected chi connectivity index (χ4v) is 3.39. The van der Waals surface area contributed by atoms with Gasteiger partial charge in [0.1, 0.15) is 18.5 Å². The summed E-state index contributed by atoms with van der Waals surface area (Å²) in [7, 11) is 1.43. The summed E-state index contributed by atoms with van der Waals surface area (Å²) in [4.78, 5) is 11.1. The Kier molecular flexibility index (Phi) is 11.6. The minimum absolute atomic E-state index is 0.139. The first-order chi connectivity index (χ1) is 15.5. The SMILES string of the molecule is COC(=O)CCCCC=C(C)c1ccc(CC(C)NCC(O)COc2ccccc2)cc1. The van der Waals surface area contributed by atoms with E-state index >= 15 is 0 Å². The lowest BCUT2D eigenvalue weighted by molar-refractivity contribution is -0.140. The molecule has 2 unspecified atom stereocenters. The standard InChI is InChI=1S/C27H37NO4/c1-21(10-6-4-9-13-27(30)31-3)24-16-14-23(15-17-24)18-22(2)28-19-25(29)20-32-26-11-7-5-8-12-26/h5,7-8,10-12,14-17,22,25,28-29H,4,6,9,13,18-20H2,1-3H3. The number of hydrogen-bond acceptors (Lipinski definition) is 5. The maximum atomic E-state index is 11.1. The molecule has 2 aromatic carbocycles. The van der Waals surface area contributed by atoms with Crippen LogP contribution in [0.25, 0.3) is 5.57 Å². The van der Waals surface area contributed by atoms with Gasteiger partial charge >= 0.3 is 5.97 Å². The molecule has 0 heterocycles. The minimum atomic E-state index is -0.555. The molecule has 0 spiro atoms. The predicted octanol–water partition coefficient (Wildman–Crippen LogP) is 4.78. The van der Waals surface area contributed by atoms with E-state index in [-0.39, 0.29) is 18.6 Å². The van der Waals surface area contributed by atoms with Crippen molar-refractivity contribution < 1.29 is 19.4 Å². The molecule has 2 aromatic rings. The molecule has 32 heavy (non-hydrogen) atoms. The molecule has 2 rings (SSSR count). The number of rotatable bonds is 14. The number of carbonyl (C=O) groups excluding carboxylic acids is 1. The van der Waals surface area contributed by atoms with Gasteiger partial charge in [-0.25, -0.2) is 0 Å². The number of benzene rings is 2. The van der Waals surface area contributed by atoms with Gasteiger partial charge in [0.2, 0.25) is 0 Å². The van der Waals surface area contributed by atoms with Gasteiger partial charge in [-0.05, 0) is 68.4 Å². The number of allylic oxidation sites excluding steroid dienone is 2. The normalized spacial score (nSPS) is 13.4. The van der Waals surface area contributed by atoms with Crippen molar-refractivity contribution in [2.75, 3.05) is 20.3 Å². The van der Waals surface area contributed by atoms with Gasteiger partial charge in [-0.3, -0.25) is 4.79 Å². The Morgan fingerprint density at radius 3 is 2.50 bits per heavy atom. The first kappa shape index (κ1) is 25.6. The van der Waals surface area contributed by atoms with Crippen LogP contribution < -0.4 is 10.1 Å². The Morgan fingerprint density at radius 2 is 1.81 bits per heavy atom. The van der Waals surface area contributed by atoms with Gasteiger partial charge in [-0.15, -0.1) is 0 Å². The molecule has 2 N–H and O–H groups in total. The van der Waals surface area contributed by atoms with Crippen LogP contribution in [-0.2, 0) is 16.0 Å². The summed E-state index contributed by atoms with van der Waals surface area (Å²) in [6.45, 7) is 5.01. The van der Waals surface area contributed by atoms with Gasteiger partial charge in [0, 0.05) is 19.0 Å². The summed E-state index contributed by atoms with van der Waals surface area (Å²) in [5.74, 6) is 0.630. The second kappa shape index (κ2) is 14.4. The zero-order valence-electron chi connectivity index (χ0n) is 19.5. The van der Waals surface area contributed by atoms with Gasteiger partial charge in [-0.1, -0.05) is 48.5 Å². The van der Waals surface area contributed by atoms with Crippen molar-refractivity contribution in [3.05, 3.63) is 71.8 Å². The van der Waals surface area contributed by atoms with E-state index < -0.39 is 6.10 Å². The number of aliphatic hydroxyl groups is 1. The van der Waals surface area contributed by atoms with Gasteiger partial charge < -0.3 is 19.9 Å². The molecule has 0 aliphatic carbocycles. The van der Waals surface area contributed by atoms with E-state index in [0.717, 1.165) is 31.4 Å². The van der Waals surface area contributed by atoms with Crippen LogP contribution in [0.1, 0.15) is 50.7 Å². The van der Waals surface area contributed by atoms with Crippen LogP contribution in [0.3, 0.4) is 0 Å².